The van der Waals surface area contributed by atoms with Crippen molar-refractivity contribution in [2.24, 2.45) is 0 Å². The molecule has 1 atom stereocenters. The van der Waals surface area contributed by atoms with Crippen LogP contribution in [-0.4, -0.2) is 52.0 Å². The van der Waals surface area contributed by atoms with Crippen LogP contribution < -0.4 is 10.6 Å². The summed E-state index contributed by atoms with van der Waals surface area (Å²) in [5, 5.41) is 6.01. The maximum atomic E-state index is 10.8. The van der Waals surface area contributed by atoms with Crippen molar-refractivity contribution >= 4 is 5.91 Å². The standard InChI is InChI=1S/C9H18N2O3/c1-13-4-5-14-3-2-10-8-6-9(12)11-7-8/h8,10H,2-7H2,1H3,(H,11,12). The number of nitrogens with one attached hydrogen (secondary N) is 2. The van der Waals surface area contributed by atoms with Crippen LogP contribution in [0, 0.1) is 0 Å². The third-order valence-electron chi connectivity index (χ3n) is 2.09. The Morgan fingerprint density at radius 3 is 3.00 bits per heavy atom. The van der Waals surface area contributed by atoms with E-state index in [1.54, 1.807) is 7.11 Å². The van der Waals surface area contributed by atoms with Gasteiger partial charge in [-0.05, 0) is 0 Å². The van der Waals surface area contributed by atoms with Gasteiger partial charge in [0.1, 0.15) is 0 Å². The van der Waals surface area contributed by atoms with Crippen LogP contribution in [0.5, 0.6) is 0 Å². The predicted molar refractivity (Wildman–Crippen MR) is 52.1 cm³/mol. The highest BCUT2D eigenvalue weighted by atomic mass is 16.5. The Morgan fingerprint density at radius 2 is 2.36 bits per heavy atom. The van der Waals surface area contributed by atoms with Crippen molar-refractivity contribution in [3.8, 4) is 0 Å². The quantitative estimate of drug-likeness (QED) is 0.527. The lowest BCUT2D eigenvalue weighted by molar-refractivity contribution is -0.119. The fourth-order valence-corrected chi connectivity index (χ4v) is 1.33. The van der Waals surface area contributed by atoms with Gasteiger partial charge >= 0.3 is 0 Å². The number of ether oxygens (including phenoxy) is 2. The van der Waals surface area contributed by atoms with Crippen molar-refractivity contribution in [1.82, 2.24) is 10.6 Å². The lowest BCUT2D eigenvalue weighted by Crippen LogP contribution is -2.33. The van der Waals surface area contributed by atoms with Crippen LogP contribution in [0.4, 0.5) is 0 Å². The summed E-state index contributed by atoms with van der Waals surface area (Å²) in [5.41, 5.74) is 0. The molecule has 14 heavy (non-hydrogen) atoms. The summed E-state index contributed by atoms with van der Waals surface area (Å²) in [5.74, 6) is 0.128. The summed E-state index contributed by atoms with van der Waals surface area (Å²) in [6.07, 6.45) is 0.581. The van der Waals surface area contributed by atoms with Crippen LogP contribution in [-0.2, 0) is 14.3 Å². The molecule has 1 rings (SSSR count). The van der Waals surface area contributed by atoms with Crippen LogP contribution in [0.1, 0.15) is 6.42 Å². The van der Waals surface area contributed by atoms with Gasteiger partial charge in [0.05, 0.1) is 19.8 Å². The summed E-state index contributed by atoms with van der Waals surface area (Å²) in [6, 6.07) is 0.272. The molecule has 0 aromatic heterocycles. The van der Waals surface area contributed by atoms with Gasteiger partial charge in [0.25, 0.3) is 0 Å². The minimum atomic E-state index is 0.128. The van der Waals surface area contributed by atoms with Gasteiger partial charge < -0.3 is 20.1 Å². The summed E-state index contributed by atoms with van der Waals surface area (Å²) < 4.78 is 10.1. The average molecular weight is 202 g/mol. The Kier molecular flexibility index (Phi) is 5.51. The molecule has 1 fully saturated rings. The van der Waals surface area contributed by atoms with E-state index in [-0.39, 0.29) is 11.9 Å². The third-order valence-corrected chi connectivity index (χ3v) is 2.09. The van der Waals surface area contributed by atoms with E-state index in [1.165, 1.54) is 0 Å². The molecule has 5 heteroatoms. The highest BCUT2D eigenvalue weighted by molar-refractivity contribution is 5.78. The van der Waals surface area contributed by atoms with Crippen molar-refractivity contribution in [2.75, 3.05) is 40.0 Å². The van der Waals surface area contributed by atoms with Crippen molar-refractivity contribution in [3.63, 3.8) is 0 Å². The molecule has 0 spiro atoms. The lowest BCUT2D eigenvalue weighted by atomic mass is 10.2. The van der Waals surface area contributed by atoms with Gasteiger partial charge in [-0.25, -0.2) is 0 Å². The first-order valence-electron chi connectivity index (χ1n) is 4.89. The number of methoxy groups -OCH3 is 1. The second kappa shape index (κ2) is 6.75. The van der Waals surface area contributed by atoms with E-state index in [9.17, 15) is 4.79 Å². The van der Waals surface area contributed by atoms with E-state index >= 15 is 0 Å². The molecule has 0 saturated carbocycles. The Bertz CT molecular complexity index is 175. The van der Waals surface area contributed by atoms with Crippen molar-refractivity contribution in [2.45, 2.75) is 12.5 Å². The van der Waals surface area contributed by atoms with E-state index in [1.807, 2.05) is 0 Å². The van der Waals surface area contributed by atoms with Gasteiger partial charge in [-0.2, -0.15) is 0 Å². The molecule has 82 valence electrons. The van der Waals surface area contributed by atoms with Crippen LogP contribution >= 0.6 is 0 Å². The van der Waals surface area contributed by atoms with Crippen molar-refractivity contribution in [1.29, 1.82) is 0 Å². The molecular weight excluding hydrogens is 184 g/mol. The second-order valence-corrected chi connectivity index (χ2v) is 3.26. The Labute approximate surface area is 84.1 Å². The first-order valence-corrected chi connectivity index (χ1v) is 4.89. The summed E-state index contributed by atoms with van der Waals surface area (Å²) >= 11 is 0. The summed E-state index contributed by atoms with van der Waals surface area (Å²) in [4.78, 5) is 10.8. The van der Waals surface area contributed by atoms with Crippen molar-refractivity contribution in [3.05, 3.63) is 0 Å². The highest BCUT2D eigenvalue weighted by Gasteiger charge is 2.19. The van der Waals surface area contributed by atoms with Gasteiger partial charge in [0.2, 0.25) is 5.91 Å². The van der Waals surface area contributed by atoms with Gasteiger partial charge in [-0.3, -0.25) is 4.79 Å². The largest absolute Gasteiger partial charge is 0.382 e. The fraction of sp³-hybridized carbons (Fsp3) is 0.889. The molecule has 0 radical (unpaired) electrons. The molecule has 0 aromatic carbocycles. The molecule has 0 aliphatic carbocycles. The van der Waals surface area contributed by atoms with Gasteiger partial charge in [0.15, 0.2) is 0 Å². The normalized spacial score (nSPS) is 21.2. The maximum absolute atomic E-state index is 10.8. The Balaban J connectivity index is 1.86. The molecule has 5 nitrogen and oxygen atoms in total. The highest BCUT2D eigenvalue weighted by Crippen LogP contribution is 1.97. The minimum absolute atomic E-state index is 0.128. The second-order valence-electron chi connectivity index (χ2n) is 3.26. The maximum Gasteiger partial charge on any atom is 0.221 e. The molecule has 1 aliphatic rings. The average Bonchev–Trinajstić information content (AvgIpc) is 2.58. The van der Waals surface area contributed by atoms with E-state index in [0.29, 0.717) is 26.2 Å². The van der Waals surface area contributed by atoms with E-state index in [2.05, 4.69) is 10.6 Å². The number of hydrogen-bond donors (Lipinski definition) is 2. The summed E-state index contributed by atoms with van der Waals surface area (Å²) in [7, 11) is 1.65. The van der Waals surface area contributed by atoms with Crippen LogP contribution in [0.3, 0.4) is 0 Å². The zero-order valence-electron chi connectivity index (χ0n) is 8.54. The smallest absolute Gasteiger partial charge is 0.221 e. The van der Waals surface area contributed by atoms with Crippen LogP contribution in [0.15, 0.2) is 0 Å². The monoisotopic (exact) mass is 202 g/mol. The van der Waals surface area contributed by atoms with Gasteiger partial charge in [-0.1, -0.05) is 0 Å². The molecule has 0 bridgehead atoms. The third kappa shape index (κ3) is 4.55. The summed E-state index contributed by atoms with van der Waals surface area (Å²) in [6.45, 7) is 3.43. The molecule has 1 amide bonds. The zero-order valence-corrected chi connectivity index (χ0v) is 8.54. The van der Waals surface area contributed by atoms with Crippen LogP contribution in [0.25, 0.3) is 0 Å². The molecule has 1 saturated heterocycles. The van der Waals surface area contributed by atoms with E-state index < -0.39 is 0 Å². The predicted octanol–water partition coefficient (Wildman–Crippen LogP) is -0.872. The number of carbonyl (C=O) groups is 1. The van der Waals surface area contributed by atoms with Crippen LogP contribution in [0.2, 0.25) is 0 Å². The SMILES string of the molecule is COCCOCCNC1CNC(=O)C1. The number of amides is 1. The van der Waals surface area contributed by atoms with Crippen molar-refractivity contribution < 1.29 is 14.3 Å². The fourth-order valence-electron chi connectivity index (χ4n) is 1.33. The zero-order chi connectivity index (χ0) is 10.2. The molecular formula is C9H18N2O3. The molecule has 1 aliphatic heterocycles. The van der Waals surface area contributed by atoms with Gasteiger partial charge in [-0.15, -0.1) is 0 Å². The molecule has 1 heterocycles. The molecule has 0 aromatic rings. The number of rotatable bonds is 7. The first-order chi connectivity index (χ1) is 6.83. The topological polar surface area (TPSA) is 59.6 Å². The molecule has 2 N–H and O–H groups in total. The van der Waals surface area contributed by atoms with E-state index in [0.717, 1.165) is 13.1 Å². The first kappa shape index (κ1) is 11.4. The van der Waals surface area contributed by atoms with Gasteiger partial charge in [0, 0.05) is 32.7 Å². The lowest BCUT2D eigenvalue weighted by Gasteiger charge is -2.09. The Hall–Kier alpha value is -0.650. The minimum Gasteiger partial charge on any atom is -0.382 e. The Morgan fingerprint density at radius 1 is 1.50 bits per heavy atom. The number of hydrogen-bond acceptors (Lipinski definition) is 4. The number of carbonyl (C=O) groups excluding carboxylic acids is 1. The molecule has 1 unspecified atom stereocenters. The van der Waals surface area contributed by atoms with E-state index in [4.69, 9.17) is 9.47 Å².